The molecule has 0 aromatic heterocycles. The summed E-state index contributed by atoms with van der Waals surface area (Å²) in [6, 6.07) is 12.3. The van der Waals surface area contributed by atoms with Crippen LogP contribution < -0.4 is 9.47 Å². The largest absolute Gasteiger partial charge is 0.493 e. The standard InChI is InChI=1S/C31H34INO5/c1-19-7-4-8-20(15-19)18-38-31-22(32)16-21(17-27(31)37-3)28-29-23(9-5-11-25(29)34)33(13-14-36-2)24-10-6-12-26(35)30(24)28/h4,7-8,15-17,28H,5-6,9-14,18H2,1-3H3. The van der Waals surface area contributed by atoms with Gasteiger partial charge < -0.3 is 19.1 Å². The summed E-state index contributed by atoms with van der Waals surface area (Å²) in [5.41, 5.74) is 6.84. The van der Waals surface area contributed by atoms with E-state index in [1.165, 1.54) is 5.56 Å². The number of methoxy groups -OCH3 is 2. The normalized spacial score (nSPS) is 18.1. The van der Waals surface area contributed by atoms with Crippen LogP contribution in [0.15, 0.2) is 58.9 Å². The zero-order valence-corrected chi connectivity index (χ0v) is 24.4. The van der Waals surface area contributed by atoms with Crippen LogP contribution in [-0.4, -0.2) is 43.8 Å². The van der Waals surface area contributed by atoms with E-state index in [-0.39, 0.29) is 17.5 Å². The molecule has 0 atom stereocenters. The second-order valence-electron chi connectivity index (χ2n) is 10.2. The minimum Gasteiger partial charge on any atom is -0.493 e. The SMILES string of the molecule is COCCN1C2=C(C(=O)CCC2)C(c2cc(I)c(OCc3cccc(C)c3)c(OC)c2)C2=C1CCCC2=O. The van der Waals surface area contributed by atoms with Gasteiger partial charge in [-0.1, -0.05) is 29.8 Å². The monoisotopic (exact) mass is 627 g/mol. The molecule has 0 saturated heterocycles. The van der Waals surface area contributed by atoms with E-state index in [0.717, 1.165) is 62.9 Å². The van der Waals surface area contributed by atoms with Crippen molar-refractivity contribution in [1.29, 1.82) is 0 Å². The highest BCUT2D eigenvalue weighted by Gasteiger charge is 2.43. The first-order valence-corrected chi connectivity index (χ1v) is 14.4. The van der Waals surface area contributed by atoms with Crippen molar-refractivity contribution in [3.63, 3.8) is 0 Å². The molecule has 6 nitrogen and oxygen atoms in total. The zero-order valence-electron chi connectivity index (χ0n) is 22.3. The molecular weight excluding hydrogens is 593 g/mol. The van der Waals surface area contributed by atoms with Gasteiger partial charge in [-0.3, -0.25) is 9.59 Å². The van der Waals surface area contributed by atoms with Gasteiger partial charge in [0, 0.05) is 55.0 Å². The van der Waals surface area contributed by atoms with Gasteiger partial charge >= 0.3 is 0 Å². The smallest absolute Gasteiger partial charge is 0.174 e. The third-order valence-corrected chi connectivity index (χ3v) is 8.46. The molecule has 0 radical (unpaired) electrons. The third kappa shape index (κ3) is 5.15. The number of allylic oxidation sites excluding steroid dienone is 4. The highest BCUT2D eigenvalue weighted by Crippen LogP contribution is 2.50. The summed E-state index contributed by atoms with van der Waals surface area (Å²) in [6.45, 7) is 3.67. The van der Waals surface area contributed by atoms with Gasteiger partial charge in [0.2, 0.25) is 0 Å². The van der Waals surface area contributed by atoms with Gasteiger partial charge in [-0.2, -0.15) is 0 Å². The highest BCUT2D eigenvalue weighted by molar-refractivity contribution is 14.1. The summed E-state index contributed by atoms with van der Waals surface area (Å²) in [4.78, 5) is 29.2. The first-order valence-electron chi connectivity index (χ1n) is 13.3. The van der Waals surface area contributed by atoms with Crippen LogP contribution in [0.1, 0.15) is 61.1 Å². The Morgan fingerprint density at radius 1 is 0.947 bits per heavy atom. The summed E-state index contributed by atoms with van der Waals surface area (Å²) in [5.74, 6) is 1.17. The average molecular weight is 628 g/mol. The molecule has 0 N–H and O–H groups in total. The fourth-order valence-electron chi connectivity index (χ4n) is 6.01. The van der Waals surface area contributed by atoms with Gasteiger partial charge in [-0.15, -0.1) is 0 Å². The number of benzene rings is 2. The molecule has 38 heavy (non-hydrogen) atoms. The van der Waals surface area contributed by atoms with Crippen molar-refractivity contribution in [1.82, 2.24) is 4.90 Å². The number of nitrogens with zero attached hydrogens (tertiary/aromatic N) is 1. The van der Waals surface area contributed by atoms with E-state index in [1.807, 2.05) is 18.2 Å². The lowest BCUT2D eigenvalue weighted by Crippen LogP contribution is -2.40. The van der Waals surface area contributed by atoms with Gasteiger partial charge in [0.15, 0.2) is 23.1 Å². The number of hydrogen-bond donors (Lipinski definition) is 0. The molecule has 200 valence electrons. The van der Waals surface area contributed by atoms with E-state index in [1.54, 1.807) is 14.2 Å². The Hall–Kier alpha value is -2.65. The minimum atomic E-state index is -0.382. The van der Waals surface area contributed by atoms with Gasteiger partial charge in [0.05, 0.1) is 17.3 Å². The first kappa shape index (κ1) is 26.9. The maximum atomic E-state index is 13.5. The second-order valence-corrected chi connectivity index (χ2v) is 11.3. The van der Waals surface area contributed by atoms with E-state index in [2.05, 4.69) is 52.6 Å². The van der Waals surface area contributed by atoms with Crippen LogP contribution in [0.25, 0.3) is 0 Å². The lowest BCUT2D eigenvalue weighted by Gasteiger charge is -2.44. The number of ether oxygens (including phenoxy) is 3. The Labute approximate surface area is 238 Å². The van der Waals surface area contributed by atoms with E-state index >= 15 is 0 Å². The Balaban J connectivity index is 1.59. The van der Waals surface area contributed by atoms with Crippen molar-refractivity contribution in [2.24, 2.45) is 0 Å². The molecule has 5 rings (SSSR count). The Bertz CT molecular complexity index is 1280. The van der Waals surface area contributed by atoms with Crippen LogP contribution in [-0.2, 0) is 20.9 Å². The van der Waals surface area contributed by atoms with E-state index < -0.39 is 0 Å². The molecule has 3 aliphatic rings. The van der Waals surface area contributed by atoms with Gasteiger partial charge in [0.25, 0.3) is 0 Å². The van der Waals surface area contributed by atoms with E-state index in [0.29, 0.717) is 44.1 Å². The van der Waals surface area contributed by atoms with Crippen molar-refractivity contribution in [2.75, 3.05) is 27.4 Å². The lowest BCUT2D eigenvalue weighted by molar-refractivity contribution is -0.117. The number of ketones is 2. The molecule has 0 saturated carbocycles. The van der Waals surface area contributed by atoms with Crippen LogP contribution in [0.2, 0.25) is 0 Å². The van der Waals surface area contributed by atoms with E-state index in [9.17, 15) is 9.59 Å². The number of hydrogen-bond acceptors (Lipinski definition) is 6. The summed E-state index contributed by atoms with van der Waals surface area (Å²) in [7, 11) is 3.32. The topological polar surface area (TPSA) is 65.1 Å². The van der Waals surface area contributed by atoms with Crippen LogP contribution in [0.5, 0.6) is 11.5 Å². The fraction of sp³-hybridized carbons (Fsp3) is 0.419. The van der Waals surface area contributed by atoms with Crippen molar-refractivity contribution in [2.45, 2.75) is 58.0 Å². The molecule has 0 unspecified atom stereocenters. The summed E-state index contributed by atoms with van der Waals surface area (Å²) in [6.07, 6.45) is 4.34. The van der Waals surface area contributed by atoms with Gasteiger partial charge in [-0.25, -0.2) is 0 Å². The molecule has 0 amide bonds. The number of halogens is 1. The predicted molar refractivity (Wildman–Crippen MR) is 154 cm³/mol. The zero-order chi connectivity index (χ0) is 26.8. The van der Waals surface area contributed by atoms with Crippen LogP contribution >= 0.6 is 22.6 Å². The average Bonchev–Trinajstić information content (AvgIpc) is 2.90. The number of carbonyl (C=O) groups is 2. The predicted octanol–water partition coefficient (Wildman–Crippen LogP) is 6.25. The third-order valence-electron chi connectivity index (χ3n) is 7.66. The molecule has 0 spiro atoms. The highest BCUT2D eigenvalue weighted by atomic mass is 127. The molecule has 0 fully saturated rings. The quantitative estimate of drug-likeness (QED) is 0.323. The van der Waals surface area contributed by atoms with Gasteiger partial charge in [0.1, 0.15) is 6.61 Å². The van der Waals surface area contributed by atoms with Crippen molar-refractivity contribution in [3.05, 3.63) is 79.2 Å². The molecule has 7 heteroatoms. The van der Waals surface area contributed by atoms with Crippen molar-refractivity contribution >= 4 is 34.2 Å². The Kier molecular flexibility index (Phi) is 8.23. The Morgan fingerprint density at radius 2 is 1.63 bits per heavy atom. The Morgan fingerprint density at radius 3 is 2.24 bits per heavy atom. The molecular formula is C31H34INO5. The molecule has 2 aliphatic carbocycles. The molecule has 2 aromatic carbocycles. The van der Waals surface area contributed by atoms with E-state index in [4.69, 9.17) is 14.2 Å². The van der Waals surface area contributed by atoms with Crippen molar-refractivity contribution < 1.29 is 23.8 Å². The second kappa shape index (κ2) is 11.6. The number of carbonyl (C=O) groups excluding carboxylic acids is 2. The molecule has 0 bridgehead atoms. The maximum absolute atomic E-state index is 13.5. The first-order chi connectivity index (χ1) is 18.4. The minimum absolute atomic E-state index is 0.136. The number of Topliss-reactive ketones (excluding diaryl/α,β-unsaturated/α-hetero) is 2. The summed E-state index contributed by atoms with van der Waals surface area (Å²) in [5, 5.41) is 0. The lowest BCUT2D eigenvalue weighted by atomic mass is 9.71. The van der Waals surface area contributed by atoms with Crippen LogP contribution in [0.3, 0.4) is 0 Å². The van der Waals surface area contributed by atoms with Crippen LogP contribution in [0, 0.1) is 10.5 Å². The number of aryl methyl sites for hydroxylation is 1. The summed E-state index contributed by atoms with van der Waals surface area (Å²) < 4.78 is 18.4. The molecule has 1 heterocycles. The number of rotatable bonds is 8. The van der Waals surface area contributed by atoms with Crippen molar-refractivity contribution in [3.8, 4) is 11.5 Å². The summed E-state index contributed by atoms with van der Waals surface area (Å²) >= 11 is 2.27. The van der Waals surface area contributed by atoms with Gasteiger partial charge in [-0.05, 0) is 78.5 Å². The van der Waals surface area contributed by atoms with Crippen LogP contribution in [0.4, 0.5) is 0 Å². The molecule has 1 aliphatic heterocycles. The maximum Gasteiger partial charge on any atom is 0.174 e. The molecule has 2 aromatic rings. The fourth-order valence-corrected chi connectivity index (χ4v) is 6.79.